The number of carbonyl (C=O) groups is 8. The van der Waals surface area contributed by atoms with Crippen molar-refractivity contribution in [2.75, 3.05) is 115 Å². The van der Waals surface area contributed by atoms with Crippen LogP contribution in [0.1, 0.15) is 313 Å². The summed E-state index contributed by atoms with van der Waals surface area (Å²) in [5, 5.41) is 37.1. The molecule has 0 radical (unpaired) electrons. The molecule has 0 bridgehead atoms. The van der Waals surface area contributed by atoms with Gasteiger partial charge in [0.25, 0.3) is 0 Å². The molecule has 9 aliphatic rings. The summed E-state index contributed by atoms with van der Waals surface area (Å²) in [5.41, 5.74) is 12.8. The van der Waals surface area contributed by atoms with Crippen molar-refractivity contribution >= 4 is 201 Å². The van der Waals surface area contributed by atoms with Crippen LogP contribution in [0.4, 0.5) is 39.8 Å². The fraction of sp³-hybridized carbons (Fsp3) is 0.686. The quantitative estimate of drug-likeness (QED) is 0.00948. The number of esters is 3. The van der Waals surface area contributed by atoms with E-state index in [0.717, 1.165) is 138 Å². The summed E-state index contributed by atoms with van der Waals surface area (Å²) in [6.45, 7) is 17.7. The molecular formula is C102H167B2Br4Cl3N11NaO14. The molecule has 25 nitrogen and oxygen atoms in total. The summed E-state index contributed by atoms with van der Waals surface area (Å²) in [7, 11) is -0.582. The Morgan fingerprint density at radius 1 is 0.431 bits per heavy atom. The van der Waals surface area contributed by atoms with Gasteiger partial charge in [0, 0.05) is 142 Å². The number of anilines is 7. The fourth-order valence-corrected chi connectivity index (χ4v) is 21.8. The largest absolute Gasteiger partial charge is 1.00 e. The molecule has 5 aliphatic heterocycles. The summed E-state index contributed by atoms with van der Waals surface area (Å²) in [6.07, 6.45) is 45.3. The smallest absolute Gasteiger partial charge is 0.857 e. The number of rotatable bonds is 24. The Bertz CT molecular complexity index is 4110. The van der Waals surface area contributed by atoms with E-state index in [0.29, 0.717) is 47.3 Å². The number of nitrogens with zero attached hydrogens (tertiary/aromatic N) is 7. The number of likely N-dealkylation sites (tertiary alicyclic amines) is 4. The van der Waals surface area contributed by atoms with E-state index in [-0.39, 0.29) is 171 Å². The molecule has 8 fully saturated rings. The van der Waals surface area contributed by atoms with Crippen LogP contribution in [0.5, 0.6) is 0 Å². The zero-order valence-electron chi connectivity index (χ0n) is 80.2. The van der Waals surface area contributed by atoms with Crippen molar-refractivity contribution in [1.29, 1.82) is 0 Å². The summed E-state index contributed by atoms with van der Waals surface area (Å²) in [6, 6.07) is 26.8. The van der Waals surface area contributed by atoms with Crippen LogP contribution in [0.15, 0.2) is 90.7 Å². The maximum Gasteiger partial charge on any atom is 1.00 e. The van der Waals surface area contributed by atoms with Crippen LogP contribution < -0.4 is 70.9 Å². The number of hydrogen-bond acceptors (Lipinski definition) is 22. The van der Waals surface area contributed by atoms with Gasteiger partial charge in [0.15, 0.2) is 0 Å². The molecule has 4 aromatic rings. The van der Waals surface area contributed by atoms with Gasteiger partial charge in [-0.1, -0.05) is 228 Å². The molecule has 0 atom stereocenters. The van der Waals surface area contributed by atoms with Crippen LogP contribution in [0.2, 0.25) is 13.6 Å². The first-order valence-electron chi connectivity index (χ1n) is 48.9. The van der Waals surface area contributed by atoms with Gasteiger partial charge in [-0.3, -0.25) is 38.4 Å². The zero-order chi connectivity index (χ0) is 93.9. The van der Waals surface area contributed by atoms with Crippen LogP contribution in [-0.4, -0.2) is 218 Å². The third-order valence-electron chi connectivity index (χ3n) is 26.7. The Labute approximate surface area is 897 Å². The second-order valence-corrected chi connectivity index (χ2v) is 40.3. The Kier molecular flexibility index (Phi) is 69.0. The first-order valence-corrected chi connectivity index (χ1v) is 52.4. The van der Waals surface area contributed by atoms with E-state index in [1.807, 2.05) is 65.6 Å². The number of nitrogens with two attached hydrogens (primary N) is 1. The number of benzene rings is 4. The SMILES string of the molecule is C.C.C.C.CB(O)Nc1ccc(Br)cc1NC1CCN(C2CCCCCCC2)CC1.CCOC(=O)CC(=O)Cl.CCOC(=O)CC(=O)N(c1cc(Br)ccc1N)C1CCN(C2CCCCCCC2)CC1.CCOC(=O)CC(=O)N(c1cc(Br)ccc1NB(C)O)C1CCN(C2CCCCCCC2)CC1.C[O-].Cl.Cl.O=C1CC(=O)N(C2CCN(C3CCCCCCC3)CC2)c2cc(Br)ccc2C1.[Na+]. The standard InChI is InChI=1S/C25H39BBrN3O4.C24H36BrN3O3.C23H31BrN2O2.C20H33BBrN3O.C5H7ClO3.CH3O.4CH4.2ClH.Na/c1-3-34-25(32)18-24(31)30(23-17-19(27)11-12-22(23)28-26(2)33)21-13-15-29(16-14-21)20-9-7-5-4-6-8-10-20;1-2-31-24(30)17-23(29)28(22-16-18(25)10-11-21(22)26)20-12-14-27(15-13-20)19-8-6-4-3-5-7-9-19;24-18-9-8-17-14-21(27)16-23(28)26(22(17)15-18)20-10-12-25(13-11-20)19-6-4-2-1-3-5-7-19;1-21(26)24-19-10-9-16(22)15-20(19)23-17-11-13-25(14-12-17)18-7-5-3-2-4-6-8-18;1-2-9-5(8)3-4(6)7;1-2;;;;;;;/h11-12,17,20-21,28,33H,3-10,13-16,18H2,1-2H3;10-11,16,19-20H,2-9,12-15,17,26H2,1H3;8-9,15,19-20H,1-7,10-14,16H2;9-10,15,17-18,23-24,26H,2-8,11-14H2,1H3;2-3H2,1H3;1H3;4*1H4;2*1H;/q;;;;;-1;;;;;;;+1. The summed E-state index contributed by atoms with van der Waals surface area (Å²) >= 11 is 19.0. The third kappa shape index (κ3) is 45.6. The molecule has 0 aromatic heterocycles. The van der Waals surface area contributed by atoms with Crippen LogP contribution in [0, 0.1) is 0 Å². The number of carbonyl (C=O) groups excluding carboxylic acids is 8. The number of amides is 3. The maximum atomic E-state index is 13.5. The van der Waals surface area contributed by atoms with E-state index in [9.17, 15) is 48.4 Å². The predicted molar refractivity (Wildman–Crippen MR) is 580 cm³/mol. The first-order chi connectivity index (χ1) is 62.8. The van der Waals surface area contributed by atoms with Crippen LogP contribution in [-0.2, 0) is 59.0 Å². The fourth-order valence-electron chi connectivity index (χ4n) is 20.3. The molecule has 5 heterocycles. The zero-order valence-corrected chi connectivity index (χ0v) is 90.9. The number of nitrogens with one attached hydrogen (secondary N) is 3. The number of nitrogen functional groups attached to an aromatic ring is 1. The molecule has 35 heteroatoms. The summed E-state index contributed by atoms with van der Waals surface area (Å²) in [4.78, 5) is 112. The molecule has 4 saturated carbocycles. The first kappa shape index (κ1) is 131. The molecule has 0 spiro atoms. The number of ketones is 1. The van der Waals surface area contributed by atoms with E-state index in [1.54, 1.807) is 50.3 Å². The van der Waals surface area contributed by atoms with Crippen LogP contribution in [0.3, 0.4) is 0 Å². The molecule has 0 unspecified atom stereocenters. The van der Waals surface area contributed by atoms with Gasteiger partial charge in [-0.2, -0.15) is 7.11 Å². The van der Waals surface area contributed by atoms with Crippen molar-refractivity contribution in [3.63, 3.8) is 0 Å². The Hall–Kier alpha value is -4.12. The van der Waals surface area contributed by atoms with Crippen molar-refractivity contribution in [3.8, 4) is 0 Å². The molecule has 3 amide bonds. The average molecular weight is 2240 g/mol. The van der Waals surface area contributed by atoms with Gasteiger partial charge in [0.1, 0.15) is 25.0 Å². The van der Waals surface area contributed by atoms with Crippen molar-refractivity contribution in [2.24, 2.45) is 0 Å². The van der Waals surface area contributed by atoms with E-state index in [2.05, 4.69) is 110 Å². The van der Waals surface area contributed by atoms with Crippen molar-refractivity contribution in [1.82, 2.24) is 19.6 Å². The van der Waals surface area contributed by atoms with Crippen LogP contribution in [0.25, 0.3) is 0 Å². The minimum atomic E-state index is -0.775. The van der Waals surface area contributed by atoms with Crippen molar-refractivity contribution in [3.05, 3.63) is 96.3 Å². The molecule has 7 N–H and O–H groups in total. The number of hydrogen-bond donors (Lipinski definition) is 6. The van der Waals surface area contributed by atoms with Gasteiger partial charge >= 0.3 is 61.6 Å². The molecular weight excluding hydrogens is 2070 g/mol. The second kappa shape index (κ2) is 72.2. The minimum absolute atomic E-state index is 0. The van der Waals surface area contributed by atoms with E-state index in [4.69, 9.17) is 31.9 Å². The monoisotopic (exact) mass is 2240 g/mol. The molecule has 4 saturated heterocycles. The van der Waals surface area contributed by atoms with E-state index < -0.39 is 37.3 Å². The maximum absolute atomic E-state index is 13.5. The predicted octanol–water partition coefficient (Wildman–Crippen LogP) is 19.6. The van der Waals surface area contributed by atoms with Crippen LogP contribution >= 0.6 is 100 Å². The number of piperidine rings is 4. The van der Waals surface area contributed by atoms with Crippen molar-refractivity contribution < 1.29 is 97.3 Å². The summed E-state index contributed by atoms with van der Waals surface area (Å²) < 4.78 is 18.2. The Morgan fingerprint density at radius 3 is 1.14 bits per heavy atom. The minimum Gasteiger partial charge on any atom is -0.857 e. The third-order valence-corrected chi connectivity index (χ3v) is 28.8. The normalized spacial score (nSPS) is 18.5. The Morgan fingerprint density at radius 2 is 0.752 bits per heavy atom. The number of ether oxygens (including phenoxy) is 3. The van der Waals surface area contributed by atoms with E-state index in [1.165, 1.54) is 206 Å². The number of Topliss-reactive ketones (excluding diaryl/α,β-unsaturated/α-hetero) is 1. The molecule has 137 heavy (non-hydrogen) atoms. The molecule has 770 valence electrons. The van der Waals surface area contributed by atoms with Crippen molar-refractivity contribution in [2.45, 2.75) is 376 Å². The molecule has 13 rings (SSSR count). The van der Waals surface area contributed by atoms with Gasteiger partial charge in [0.05, 0.1) is 49.0 Å². The summed E-state index contributed by atoms with van der Waals surface area (Å²) in [5.74, 6) is -2.07. The van der Waals surface area contributed by atoms with E-state index >= 15 is 0 Å². The molecule has 4 aliphatic carbocycles. The van der Waals surface area contributed by atoms with Gasteiger partial charge in [0.2, 0.25) is 23.0 Å². The second-order valence-electron chi connectivity index (χ2n) is 36.2. The number of fused-ring (bicyclic) bond motifs is 1. The Balaban J connectivity index is 0.000000868. The average Bonchev–Trinajstić information content (AvgIpc) is 1.48. The number of halogens is 7. The van der Waals surface area contributed by atoms with Gasteiger partial charge < -0.3 is 85.2 Å². The molecule has 4 aromatic carbocycles. The van der Waals surface area contributed by atoms with Gasteiger partial charge in [-0.05, 0) is 221 Å². The van der Waals surface area contributed by atoms with Gasteiger partial charge in [-0.25, -0.2) is 0 Å². The topological polar surface area (TPSA) is 313 Å². The van der Waals surface area contributed by atoms with Gasteiger partial charge in [-0.15, -0.1) is 24.8 Å².